The molecular formula is C14H23NO4. The van der Waals surface area contributed by atoms with E-state index >= 15 is 0 Å². The summed E-state index contributed by atoms with van der Waals surface area (Å²) in [6, 6.07) is 5.87. The van der Waals surface area contributed by atoms with Crippen LogP contribution in [0.1, 0.15) is 19.4 Å². The average molecular weight is 269 g/mol. The summed E-state index contributed by atoms with van der Waals surface area (Å²) >= 11 is 0. The summed E-state index contributed by atoms with van der Waals surface area (Å²) in [6.45, 7) is 4.54. The maximum absolute atomic E-state index is 9.31. The SMILES string of the molecule is COc1ccc(OCC(O)CO)c(CNC(C)C)c1. The van der Waals surface area contributed by atoms with Gasteiger partial charge < -0.3 is 25.0 Å². The number of rotatable bonds is 8. The Balaban J connectivity index is 2.76. The van der Waals surface area contributed by atoms with Crippen LogP contribution in [0.15, 0.2) is 18.2 Å². The largest absolute Gasteiger partial charge is 0.497 e. The van der Waals surface area contributed by atoms with Gasteiger partial charge in [0.2, 0.25) is 0 Å². The van der Waals surface area contributed by atoms with E-state index < -0.39 is 6.10 Å². The molecule has 1 aromatic carbocycles. The second kappa shape index (κ2) is 7.99. The lowest BCUT2D eigenvalue weighted by molar-refractivity contribution is 0.0532. The number of methoxy groups -OCH3 is 1. The normalized spacial score (nSPS) is 12.5. The number of aliphatic hydroxyl groups excluding tert-OH is 2. The number of benzene rings is 1. The van der Waals surface area contributed by atoms with Gasteiger partial charge in [-0.2, -0.15) is 0 Å². The Labute approximate surface area is 114 Å². The van der Waals surface area contributed by atoms with Gasteiger partial charge in [-0.25, -0.2) is 0 Å². The Morgan fingerprint density at radius 2 is 2.05 bits per heavy atom. The number of hydrogen-bond donors (Lipinski definition) is 3. The minimum Gasteiger partial charge on any atom is -0.497 e. The Kier molecular flexibility index (Phi) is 6.62. The van der Waals surface area contributed by atoms with Gasteiger partial charge in [0.15, 0.2) is 0 Å². The number of aliphatic hydroxyl groups is 2. The molecule has 1 unspecified atom stereocenters. The molecule has 0 aliphatic carbocycles. The fourth-order valence-corrected chi connectivity index (χ4v) is 1.51. The van der Waals surface area contributed by atoms with Crippen LogP contribution in [0.2, 0.25) is 0 Å². The Hall–Kier alpha value is -1.30. The van der Waals surface area contributed by atoms with Crippen molar-refractivity contribution in [3.05, 3.63) is 23.8 Å². The van der Waals surface area contributed by atoms with Crippen molar-refractivity contribution in [3.8, 4) is 11.5 Å². The predicted molar refractivity (Wildman–Crippen MR) is 73.6 cm³/mol. The molecule has 1 atom stereocenters. The van der Waals surface area contributed by atoms with Crippen molar-refractivity contribution in [1.82, 2.24) is 5.32 Å². The molecule has 0 amide bonds. The molecule has 3 N–H and O–H groups in total. The highest BCUT2D eigenvalue weighted by atomic mass is 16.5. The molecule has 0 saturated carbocycles. The molecule has 19 heavy (non-hydrogen) atoms. The first-order valence-electron chi connectivity index (χ1n) is 6.38. The minimum absolute atomic E-state index is 0.0670. The first kappa shape index (κ1) is 15.8. The molecule has 0 spiro atoms. The van der Waals surface area contributed by atoms with E-state index in [0.29, 0.717) is 18.3 Å². The van der Waals surface area contributed by atoms with E-state index in [4.69, 9.17) is 14.6 Å². The monoisotopic (exact) mass is 269 g/mol. The molecule has 0 saturated heterocycles. The van der Waals surface area contributed by atoms with Gasteiger partial charge in [-0.05, 0) is 18.2 Å². The highest BCUT2D eigenvalue weighted by Crippen LogP contribution is 2.24. The van der Waals surface area contributed by atoms with Crippen LogP contribution in [0.3, 0.4) is 0 Å². The van der Waals surface area contributed by atoms with Gasteiger partial charge in [0, 0.05) is 18.2 Å². The number of ether oxygens (including phenoxy) is 2. The number of hydrogen-bond acceptors (Lipinski definition) is 5. The van der Waals surface area contributed by atoms with Gasteiger partial charge in [0.1, 0.15) is 24.2 Å². The molecule has 5 nitrogen and oxygen atoms in total. The fraction of sp³-hybridized carbons (Fsp3) is 0.571. The minimum atomic E-state index is -0.868. The van der Waals surface area contributed by atoms with Crippen LogP contribution in [0, 0.1) is 0 Å². The molecule has 5 heteroatoms. The molecule has 0 aliphatic heterocycles. The van der Waals surface area contributed by atoms with Gasteiger partial charge in [-0.15, -0.1) is 0 Å². The Bertz CT molecular complexity index is 382. The summed E-state index contributed by atoms with van der Waals surface area (Å²) in [5, 5.41) is 21.4. The molecule has 1 aromatic rings. The first-order valence-corrected chi connectivity index (χ1v) is 6.38. The summed E-state index contributed by atoms with van der Waals surface area (Å²) in [5.41, 5.74) is 0.957. The van der Waals surface area contributed by atoms with Gasteiger partial charge in [-0.3, -0.25) is 0 Å². The van der Waals surface area contributed by atoms with Gasteiger partial charge in [0.05, 0.1) is 13.7 Å². The van der Waals surface area contributed by atoms with E-state index in [9.17, 15) is 5.11 Å². The first-order chi connectivity index (χ1) is 9.06. The predicted octanol–water partition coefficient (Wildman–Crippen LogP) is 0.925. The van der Waals surface area contributed by atoms with Crippen LogP contribution in [-0.2, 0) is 6.54 Å². The summed E-state index contributed by atoms with van der Waals surface area (Å²) < 4.78 is 10.7. The lowest BCUT2D eigenvalue weighted by Crippen LogP contribution is -2.24. The third-order valence-corrected chi connectivity index (χ3v) is 2.61. The van der Waals surface area contributed by atoms with Crippen molar-refractivity contribution < 1.29 is 19.7 Å². The summed E-state index contributed by atoms with van der Waals surface area (Å²) in [5.74, 6) is 1.44. The van der Waals surface area contributed by atoms with E-state index in [1.807, 2.05) is 6.07 Å². The molecule has 0 aliphatic rings. The molecule has 108 valence electrons. The van der Waals surface area contributed by atoms with Gasteiger partial charge >= 0.3 is 0 Å². The molecular weight excluding hydrogens is 246 g/mol. The zero-order chi connectivity index (χ0) is 14.3. The maximum atomic E-state index is 9.31. The van der Waals surface area contributed by atoms with Crippen LogP contribution >= 0.6 is 0 Å². The molecule has 0 fully saturated rings. The van der Waals surface area contributed by atoms with Crippen molar-refractivity contribution >= 4 is 0 Å². The third kappa shape index (κ3) is 5.46. The standard InChI is InChI=1S/C14H23NO4/c1-10(2)15-7-11-6-13(18-3)4-5-14(11)19-9-12(17)8-16/h4-6,10,12,15-17H,7-9H2,1-3H3. The van der Waals surface area contributed by atoms with Gasteiger partial charge in [0.25, 0.3) is 0 Å². The highest BCUT2D eigenvalue weighted by Gasteiger charge is 2.09. The molecule has 0 radical (unpaired) electrons. The van der Waals surface area contributed by atoms with Crippen molar-refractivity contribution in [2.75, 3.05) is 20.3 Å². The quantitative estimate of drug-likeness (QED) is 0.655. The molecule has 0 aromatic heterocycles. The smallest absolute Gasteiger partial charge is 0.124 e. The maximum Gasteiger partial charge on any atom is 0.124 e. The van der Waals surface area contributed by atoms with Crippen LogP contribution < -0.4 is 14.8 Å². The molecule has 1 rings (SSSR count). The van der Waals surface area contributed by atoms with E-state index in [0.717, 1.165) is 11.3 Å². The van der Waals surface area contributed by atoms with Crippen molar-refractivity contribution in [3.63, 3.8) is 0 Å². The lowest BCUT2D eigenvalue weighted by Gasteiger charge is -2.16. The molecule has 0 bridgehead atoms. The second-order valence-corrected chi connectivity index (χ2v) is 4.66. The van der Waals surface area contributed by atoms with Gasteiger partial charge in [-0.1, -0.05) is 13.8 Å². The lowest BCUT2D eigenvalue weighted by atomic mass is 10.1. The number of nitrogens with one attached hydrogen (secondary N) is 1. The van der Waals surface area contributed by atoms with E-state index in [-0.39, 0.29) is 13.2 Å². The van der Waals surface area contributed by atoms with E-state index in [1.165, 1.54) is 0 Å². The van der Waals surface area contributed by atoms with Crippen molar-refractivity contribution in [2.24, 2.45) is 0 Å². The highest BCUT2D eigenvalue weighted by molar-refractivity contribution is 5.40. The zero-order valence-electron chi connectivity index (χ0n) is 11.7. The third-order valence-electron chi connectivity index (χ3n) is 2.61. The fourth-order valence-electron chi connectivity index (χ4n) is 1.51. The summed E-state index contributed by atoms with van der Waals surface area (Å²) in [6.07, 6.45) is -0.868. The topological polar surface area (TPSA) is 71.0 Å². The second-order valence-electron chi connectivity index (χ2n) is 4.66. The van der Waals surface area contributed by atoms with Crippen molar-refractivity contribution in [1.29, 1.82) is 0 Å². The average Bonchev–Trinajstić information content (AvgIpc) is 2.42. The zero-order valence-corrected chi connectivity index (χ0v) is 11.7. The van der Waals surface area contributed by atoms with Crippen LogP contribution in [0.5, 0.6) is 11.5 Å². The Morgan fingerprint density at radius 1 is 1.32 bits per heavy atom. The summed E-state index contributed by atoms with van der Waals surface area (Å²) in [7, 11) is 1.62. The van der Waals surface area contributed by atoms with E-state index in [2.05, 4.69) is 19.2 Å². The molecule has 0 heterocycles. The Morgan fingerprint density at radius 3 is 2.63 bits per heavy atom. The van der Waals surface area contributed by atoms with Crippen LogP contribution in [0.4, 0.5) is 0 Å². The van der Waals surface area contributed by atoms with Crippen LogP contribution in [-0.4, -0.2) is 42.7 Å². The van der Waals surface area contributed by atoms with Crippen LogP contribution in [0.25, 0.3) is 0 Å². The van der Waals surface area contributed by atoms with E-state index in [1.54, 1.807) is 19.2 Å². The summed E-state index contributed by atoms with van der Waals surface area (Å²) in [4.78, 5) is 0. The van der Waals surface area contributed by atoms with Crippen molar-refractivity contribution in [2.45, 2.75) is 32.5 Å².